The molecule has 13 nitrogen and oxygen atoms in total. The fourth-order valence-electron chi connectivity index (χ4n) is 3.96. The molecule has 0 aliphatic carbocycles. The average Bonchev–Trinajstić information content (AvgIpc) is 2.93. The summed E-state index contributed by atoms with van der Waals surface area (Å²) in [5.41, 5.74) is 0.462. The molecule has 0 spiro atoms. The predicted molar refractivity (Wildman–Crippen MR) is 130 cm³/mol. The van der Waals surface area contributed by atoms with Crippen LogP contribution >= 0.6 is 0 Å². The van der Waals surface area contributed by atoms with Crippen molar-refractivity contribution in [2.45, 2.75) is 43.4 Å². The Morgan fingerprint density at radius 3 is 2.41 bits per heavy atom. The maximum absolute atomic E-state index is 12.2. The number of carboxylic acids is 1. The third-order valence-electron chi connectivity index (χ3n) is 6.08. The molecule has 0 radical (unpaired) electrons. The van der Waals surface area contributed by atoms with Gasteiger partial charge < -0.3 is 49.2 Å². The summed E-state index contributed by atoms with van der Waals surface area (Å²) in [5.74, 6) is -4.02. The molecular weight excluding hydrogens is 520 g/mol. The zero-order chi connectivity index (χ0) is 28.5. The lowest BCUT2D eigenvalue weighted by atomic mass is 9.86. The number of ether oxygens (including phenoxy) is 5. The summed E-state index contributed by atoms with van der Waals surface area (Å²) in [5, 5.41) is 49.5. The number of rotatable bonds is 10. The largest absolute Gasteiger partial charge is 0.478 e. The Labute approximate surface area is 223 Å². The van der Waals surface area contributed by atoms with E-state index in [1.165, 1.54) is 18.2 Å². The quantitative estimate of drug-likeness (QED) is 0.142. The van der Waals surface area contributed by atoms with Crippen molar-refractivity contribution in [3.8, 4) is 0 Å². The normalized spacial score (nSPS) is 29.9. The second-order valence-electron chi connectivity index (χ2n) is 8.59. The average molecular weight is 551 g/mol. The van der Waals surface area contributed by atoms with E-state index in [0.717, 1.165) is 18.9 Å². The molecule has 3 rings (SSSR count). The number of aliphatic carboxylic acids is 1. The first-order valence-corrected chi connectivity index (χ1v) is 11.9. The Balaban J connectivity index is 1.84. The van der Waals surface area contributed by atoms with Gasteiger partial charge >= 0.3 is 17.9 Å². The minimum atomic E-state index is -1.78. The number of benzene rings is 1. The first-order chi connectivity index (χ1) is 18.7. The van der Waals surface area contributed by atoms with Crippen LogP contribution in [0.1, 0.15) is 12.0 Å². The van der Waals surface area contributed by atoms with Gasteiger partial charge in [-0.15, -0.1) is 0 Å². The van der Waals surface area contributed by atoms with Crippen molar-refractivity contribution in [2.24, 2.45) is 5.92 Å². The standard InChI is InChI=1S/C26H30O13/c1-35-20(29)11-16-15(9-10-36-19(28)8-7-14-5-3-2-4-6-14)25(37-13-17(16)24(33)34)39-26-23(32)22(31)21(30)18(12-27)38-26/h2-9,13,16,18,21-23,25-27,30-32H,10-12H2,1H3,(H,33,34)/t16?,18?,21?,22?,23?,25?,26-/m1/s1. The third-order valence-corrected chi connectivity index (χ3v) is 6.08. The maximum Gasteiger partial charge on any atom is 0.335 e. The third kappa shape index (κ3) is 7.72. The number of esters is 2. The Morgan fingerprint density at radius 1 is 1.05 bits per heavy atom. The first-order valence-electron chi connectivity index (χ1n) is 11.9. The minimum absolute atomic E-state index is 0.0251. The van der Waals surface area contributed by atoms with Crippen LogP contribution in [0.4, 0.5) is 0 Å². The van der Waals surface area contributed by atoms with Crippen LogP contribution in [0, 0.1) is 5.92 Å². The van der Waals surface area contributed by atoms with Gasteiger partial charge in [0.15, 0.2) is 6.29 Å². The number of carboxylic acid groups (broad SMARTS) is 1. The number of aliphatic hydroxyl groups excluding tert-OH is 4. The highest BCUT2D eigenvalue weighted by molar-refractivity contribution is 5.89. The summed E-state index contributed by atoms with van der Waals surface area (Å²) in [4.78, 5) is 36.2. The minimum Gasteiger partial charge on any atom is -0.478 e. The highest BCUT2D eigenvalue weighted by Crippen LogP contribution is 2.35. The summed E-state index contributed by atoms with van der Waals surface area (Å²) in [6, 6.07) is 8.97. The monoisotopic (exact) mass is 550 g/mol. The molecule has 0 saturated carbocycles. The molecule has 0 aromatic heterocycles. The Kier molecular flexibility index (Phi) is 10.7. The lowest BCUT2D eigenvalue weighted by molar-refractivity contribution is -0.327. The van der Waals surface area contributed by atoms with E-state index in [1.807, 2.05) is 6.07 Å². The molecule has 0 bridgehead atoms. The van der Waals surface area contributed by atoms with E-state index in [0.29, 0.717) is 0 Å². The molecule has 1 aromatic carbocycles. The number of carbonyl (C=O) groups excluding carboxylic acids is 2. The number of aliphatic hydroxyl groups is 4. The lowest BCUT2D eigenvalue weighted by Crippen LogP contribution is -2.60. The second kappa shape index (κ2) is 14.0. The van der Waals surface area contributed by atoms with Gasteiger partial charge in [0.1, 0.15) is 31.0 Å². The van der Waals surface area contributed by atoms with Crippen molar-refractivity contribution in [1.82, 2.24) is 0 Å². The van der Waals surface area contributed by atoms with Crippen molar-refractivity contribution in [3.63, 3.8) is 0 Å². The van der Waals surface area contributed by atoms with Gasteiger partial charge in [-0.05, 0) is 17.7 Å². The molecule has 1 fully saturated rings. The van der Waals surface area contributed by atoms with E-state index >= 15 is 0 Å². The summed E-state index contributed by atoms with van der Waals surface area (Å²) in [7, 11) is 1.12. The van der Waals surface area contributed by atoms with Gasteiger partial charge in [-0.1, -0.05) is 30.3 Å². The molecule has 2 heterocycles. The van der Waals surface area contributed by atoms with E-state index in [-0.39, 0.29) is 17.8 Å². The van der Waals surface area contributed by atoms with Crippen molar-refractivity contribution in [1.29, 1.82) is 0 Å². The molecule has 1 aromatic rings. The molecular formula is C26H30O13. The van der Waals surface area contributed by atoms with Crippen LogP contribution in [0.5, 0.6) is 0 Å². The highest BCUT2D eigenvalue weighted by atomic mass is 16.8. The SMILES string of the molecule is COC(=O)CC1C(C(=O)O)=COC(O[C@H]2OC(CO)C(O)C(O)C2O)C1=CCOC(=O)C=Cc1ccccc1. The van der Waals surface area contributed by atoms with Crippen molar-refractivity contribution in [2.75, 3.05) is 20.3 Å². The van der Waals surface area contributed by atoms with Gasteiger partial charge in [-0.2, -0.15) is 0 Å². The molecule has 39 heavy (non-hydrogen) atoms. The van der Waals surface area contributed by atoms with E-state index in [2.05, 4.69) is 4.74 Å². The maximum atomic E-state index is 12.2. The Bertz CT molecular complexity index is 1090. The van der Waals surface area contributed by atoms with Crippen LogP contribution in [0.25, 0.3) is 6.08 Å². The van der Waals surface area contributed by atoms with E-state index in [1.54, 1.807) is 24.3 Å². The lowest BCUT2D eigenvalue weighted by Gasteiger charge is -2.41. The Hall–Kier alpha value is -3.59. The van der Waals surface area contributed by atoms with Gasteiger partial charge in [0.2, 0.25) is 6.29 Å². The van der Waals surface area contributed by atoms with Gasteiger partial charge in [-0.25, -0.2) is 9.59 Å². The summed E-state index contributed by atoms with van der Waals surface area (Å²) >= 11 is 0. The van der Waals surface area contributed by atoms with E-state index < -0.39 is 73.8 Å². The number of hydrogen-bond acceptors (Lipinski definition) is 12. The fourth-order valence-corrected chi connectivity index (χ4v) is 3.96. The molecule has 1 saturated heterocycles. The van der Waals surface area contributed by atoms with Crippen molar-refractivity contribution >= 4 is 24.0 Å². The molecule has 5 N–H and O–H groups in total. The summed E-state index contributed by atoms with van der Waals surface area (Å²) < 4.78 is 26.3. The van der Waals surface area contributed by atoms with Crippen LogP contribution < -0.4 is 0 Å². The molecule has 212 valence electrons. The zero-order valence-corrected chi connectivity index (χ0v) is 20.9. The van der Waals surface area contributed by atoms with Gasteiger partial charge in [-0.3, -0.25) is 4.79 Å². The topological polar surface area (TPSA) is 199 Å². The van der Waals surface area contributed by atoms with E-state index in [9.17, 15) is 39.9 Å². The molecule has 2 aliphatic heterocycles. The Morgan fingerprint density at radius 2 is 1.77 bits per heavy atom. The van der Waals surface area contributed by atoms with Crippen LogP contribution in [0.2, 0.25) is 0 Å². The molecule has 7 atom stereocenters. The summed E-state index contributed by atoms with van der Waals surface area (Å²) in [6.07, 6.45) is -5.13. The number of hydrogen-bond donors (Lipinski definition) is 5. The van der Waals surface area contributed by atoms with E-state index in [4.69, 9.17) is 18.9 Å². The van der Waals surface area contributed by atoms with Crippen LogP contribution in [0.15, 0.2) is 59.9 Å². The van der Waals surface area contributed by atoms with Crippen LogP contribution in [0.3, 0.4) is 0 Å². The number of methoxy groups -OCH3 is 1. The first kappa shape index (κ1) is 30.0. The van der Waals surface area contributed by atoms with Gasteiger partial charge in [0.05, 0.1) is 32.0 Å². The van der Waals surface area contributed by atoms with Crippen molar-refractivity contribution < 1.29 is 63.6 Å². The van der Waals surface area contributed by atoms with Crippen LogP contribution in [-0.2, 0) is 38.1 Å². The molecule has 6 unspecified atom stereocenters. The van der Waals surface area contributed by atoms with Gasteiger partial charge in [0.25, 0.3) is 0 Å². The predicted octanol–water partition coefficient (Wildman–Crippen LogP) is -0.510. The molecule has 0 amide bonds. The molecule has 2 aliphatic rings. The highest BCUT2D eigenvalue weighted by Gasteiger charge is 2.46. The van der Waals surface area contributed by atoms with Gasteiger partial charge in [0, 0.05) is 17.6 Å². The smallest absolute Gasteiger partial charge is 0.335 e. The molecule has 13 heteroatoms. The number of carbonyl (C=O) groups is 3. The van der Waals surface area contributed by atoms with Crippen molar-refractivity contribution in [3.05, 3.63) is 65.5 Å². The van der Waals surface area contributed by atoms with Crippen LogP contribution in [-0.4, -0.2) is 101 Å². The fraction of sp³-hybridized carbons (Fsp3) is 0.423. The second-order valence-corrected chi connectivity index (χ2v) is 8.59. The summed E-state index contributed by atoms with van der Waals surface area (Å²) in [6.45, 7) is -1.09. The zero-order valence-electron chi connectivity index (χ0n) is 20.9.